The summed E-state index contributed by atoms with van der Waals surface area (Å²) >= 11 is 0. The summed E-state index contributed by atoms with van der Waals surface area (Å²) in [5, 5.41) is 0. The lowest BCUT2D eigenvalue weighted by molar-refractivity contribution is 0.0726. The van der Waals surface area contributed by atoms with Gasteiger partial charge in [0.25, 0.3) is 11.5 Å². The molecule has 1 amide bonds. The van der Waals surface area contributed by atoms with E-state index in [-0.39, 0.29) is 29.5 Å². The Morgan fingerprint density at radius 1 is 1.19 bits per heavy atom. The number of benzene rings is 1. The second-order valence-electron chi connectivity index (χ2n) is 8.41. The number of hydrogen-bond donors (Lipinski definition) is 1. The maximum Gasteiger partial charge on any atom is 0.257 e. The zero-order valence-corrected chi connectivity index (χ0v) is 17.6. The second-order valence-corrected chi connectivity index (χ2v) is 8.41. The topological polar surface area (TPSA) is 82.2 Å². The Morgan fingerprint density at radius 3 is 2.88 bits per heavy atom. The lowest BCUT2D eigenvalue weighted by Crippen LogP contribution is -2.40. The Morgan fingerprint density at radius 2 is 2.06 bits per heavy atom. The van der Waals surface area contributed by atoms with Gasteiger partial charge in [-0.25, -0.2) is 9.37 Å². The van der Waals surface area contributed by atoms with Crippen molar-refractivity contribution < 1.29 is 9.18 Å². The summed E-state index contributed by atoms with van der Waals surface area (Å²) in [6.45, 7) is 3.11. The van der Waals surface area contributed by atoms with E-state index in [1.807, 2.05) is 12.3 Å². The molecule has 0 aliphatic carbocycles. The highest BCUT2D eigenvalue weighted by Crippen LogP contribution is 2.27. The van der Waals surface area contributed by atoms with Gasteiger partial charge in [0, 0.05) is 43.5 Å². The molecule has 0 unspecified atom stereocenters. The van der Waals surface area contributed by atoms with Gasteiger partial charge in [0.05, 0.1) is 17.8 Å². The van der Waals surface area contributed by atoms with E-state index in [1.54, 1.807) is 23.2 Å². The molecule has 5 rings (SSSR count). The number of halogens is 1. The number of nitrogens with one attached hydrogen (secondary N) is 1. The van der Waals surface area contributed by atoms with Crippen LogP contribution in [0, 0.1) is 5.82 Å². The van der Waals surface area contributed by atoms with Gasteiger partial charge in [-0.05, 0) is 43.1 Å². The zero-order valence-electron chi connectivity index (χ0n) is 17.6. The van der Waals surface area contributed by atoms with Crippen molar-refractivity contribution in [3.8, 4) is 0 Å². The number of aromatic amines is 1. The molecule has 1 saturated heterocycles. The Hall–Kier alpha value is -3.39. The number of fused-ring (bicyclic) bond motifs is 1. The van der Waals surface area contributed by atoms with Gasteiger partial charge in [0.1, 0.15) is 11.6 Å². The third-order valence-electron chi connectivity index (χ3n) is 6.27. The van der Waals surface area contributed by atoms with Gasteiger partial charge < -0.3 is 9.88 Å². The Kier molecular flexibility index (Phi) is 5.53. The van der Waals surface area contributed by atoms with Crippen molar-refractivity contribution in [2.24, 2.45) is 0 Å². The van der Waals surface area contributed by atoms with E-state index in [0.717, 1.165) is 31.6 Å². The predicted octanol–water partition coefficient (Wildman–Crippen LogP) is 2.49. The first-order valence-corrected chi connectivity index (χ1v) is 10.9. The molecule has 1 aromatic carbocycles. The van der Waals surface area contributed by atoms with Crippen LogP contribution in [0.1, 0.15) is 45.3 Å². The first-order chi connectivity index (χ1) is 15.6. The molecule has 4 heterocycles. The summed E-state index contributed by atoms with van der Waals surface area (Å²) in [4.78, 5) is 41.4. The maximum absolute atomic E-state index is 14.1. The third-order valence-corrected chi connectivity index (χ3v) is 6.27. The highest BCUT2D eigenvalue weighted by atomic mass is 19.1. The number of H-pyrrole nitrogens is 1. The second kappa shape index (κ2) is 8.63. The van der Waals surface area contributed by atoms with Gasteiger partial charge in [0.15, 0.2) is 0 Å². The number of hydrogen-bond acceptors (Lipinski definition) is 5. The molecule has 1 N–H and O–H groups in total. The van der Waals surface area contributed by atoms with E-state index >= 15 is 0 Å². The van der Waals surface area contributed by atoms with Gasteiger partial charge in [-0.3, -0.25) is 19.5 Å². The molecule has 164 valence electrons. The fraction of sp³-hybridized carbons (Fsp3) is 0.333. The summed E-state index contributed by atoms with van der Waals surface area (Å²) in [6.07, 6.45) is 4.95. The minimum Gasteiger partial charge on any atom is -0.332 e. The molecule has 1 fully saturated rings. The van der Waals surface area contributed by atoms with E-state index in [4.69, 9.17) is 4.98 Å². The normalized spacial score (nSPS) is 18.5. The van der Waals surface area contributed by atoms with Crippen LogP contribution in [-0.4, -0.2) is 50.3 Å². The van der Waals surface area contributed by atoms with Crippen molar-refractivity contribution in [1.82, 2.24) is 24.8 Å². The Labute approximate surface area is 184 Å². The van der Waals surface area contributed by atoms with Crippen molar-refractivity contribution in [2.45, 2.75) is 31.8 Å². The molecular formula is C24H24FN5O2. The summed E-state index contributed by atoms with van der Waals surface area (Å²) in [5.41, 5.74) is 2.31. The molecule has 0 radical (unpaired) electrons. The molecule has 0 bridgehead atoms. The largest absolute Gasteiger partial charge is 0.332 e. The molecule has 2 aliphatic rings. The lowest BCUT2D eigenvalue weighted by Gasteiger charge is -2.28. The molecule has 1 atom stereocenters. The first-order valence-electron chi connectivity index (χ1n) is 10.9. The first kappa shape index (κ1) is 20.5. The zero-order chi connectivity index (χ0) is 22.1. The number of likely N-dealkylation sites (tertiary alicyclic amines) is 1. The third kappa shape index (κ3) is 4.05. The smallest absolute Gasteiger partial charge is 0.257 e. The molecular weight excluding hydrogens is 409 g/mol. The molecule has 8 heteroatoms. The summed E-state index contributed by atoms with van der Waals surface area (Å²) < 4.78 is 14.1. The van der Waals surface area contributed by atoms with Gasteiger partial charge in [-0.2, -0.15) is 0 Å². The van der Waals surface area contributed by atoms with Crippen molar-refractivity contribution >= 4 is 5.91 Å². The van der Waals surface area contributed by atoms with Crippen molar-refractivity contribution in [2.75, 3.05) is 19.6 Å². The van der Waals surface area contributed by atoms with Crippen LogP contribution in [0.4, 0.5) is 4.39 Å². The van der Waals surface area contributed by atoms with E-state index in [0.29, 0.717) is 30.0 Å². The number of rotatable bonds is 4. The van der Waals surface area contributed by atoms with Crippen molar-refractivity contribution in [1.29, 1.82) is 0 Å². The average molecular weight is 433 g/mol. The monoisotopic (exact) mass is 433 g/mol. The minimum atomic E-state index is -0.539. The van der Waals surface area contributed by atoms with Crippen LogP contribution in [0.15, 0.2) is 53.6 Å². The summed E-state index contributed by atoms with van der Waals surface area (Å²) in [7, 11) is 0. The van der Waals surface area contributed by atoms with E-state index in [9.17, 15) is 14.0 Å². The Balaban J connectivity index is 1.33. The quantitative estimate of drug-likeness (QED) is 0.684. The van der Waals surface area contributed by atoms with Crippen LogP contribution in [0.2, 0.25) is 0 Å². The number of nitrogens with zero attached hydrogens (tertiary/aromatic N) is 4. The fourth-order valence-corrected chi connectivity index (χ4v) is 4.58. The molecule has 2 aliphatic heterocycles. The Bertz CT molecular complexity index is 1200. The van der Waals surface area contributed by atoms with Gasteiger partial charge in [-0.15, -0.1) is 0 Å². The number of amides is 1. The number of carbonyl (C=O) groups excluding carboxylic acids is 1. The van der Waals surface area contributed by atoms with Crippen molar-refractivity contribution in [3.63, 3.8) is 0 Å². The average Bonchev–Trinajstić information content (AvgIpc) is 3.28. The predicted molar refractivity (Wildman–Crippen MR) is 117 cm³/mol. The maximum atomic E-state index is 14.1. The van der Waals surface area contributed by atoms with Gasteiger partial charge in [-0.1, -0.05) is 18.2 Å². The van der Waals surface area contributed by atoms with Crippen molar-refractivity contribution in [3.05, 3.63) is 93.2 Å². The van der Waals surface area contributed by atoms with Crippen LogP contribution in [0.25, 0.3) is 0 Å². The molecule has 2 aromatic heterocycles. The number of aromatic nitrogens is 3. The SMILES string of the molecule is O=C(c1ccccc1F)N1CCc2c(nc([C@@H]3CCN(Cc4cccnc4)C3)[nH]c2=O)C1. The molecule has 0 spiro atoms. The van der Waals surface area contributed by atoms with E-state index < -0.39 is 5.82 Å². The van der Waals surface area contributed by atoms with E-state index in [1.165, 1.54) is 12.1 Å². The van der Waals surface area contributed by atoms with Crippen LogP contribution in [-0.2, 0) is 19.5 Å². The lowest BCUT2D eigenvalue weighted by atomic mass is 10.0. The summed E-state index contributed by atoms with van der Waals surface area (Å²) in [5.74, 6) is -0.117. The van der Waals surface area contributed by atoms with Crippen LogP contribution >= 0.6 is 0 Å². The molecule has 7 nitrogen and oxygen atoms in total. The highest BCUT2D eigenvalue weighted by Gasteiger charge is 2.30. The highest BCUT2D eigenvalue weighted by molar-refractivity contribution is 5.94. The molecule has 3 aromatic rings. The standard InChI is InChI=1S/C24H24FN5O2/c25-20-6-2-1-5-18(20)24(32)30-11-8-19-21(15-30)27-22(28-23(19)31)17-7-10-29(14-17)13-16-4-3-9-26-12-16/h1-6,9,12,17H,7-8,10-11,13-15H2,(H,27,28,31)/t17-/m1/s1. The van der Waals surface area contributed by atoms with Crippen LogP contribution in [0.5, 0.6) is 0 Å². The van der Waals surface area contributed by atoms with Crippen LogP contribution < -0.4 is 5.56 Å². The van der Waals surface area contributed by atoms with Gasteiger partial charge >= 0.3 is 0 Å². The molecule has 0 saturated carbocycles. The minimum absolute atomic E-state index is 0.0443. The van der Waals surface area contributed by atoms with E-state index in [2.05, 4.69) is 20.9 Å². The fourth-order valence-electron chi connectivity index (χ4n) is 4.58. The molecule has 32 heavy (non-hydrogen) atoms. The van der Waals surface area contributed by atoms with Gasteiger partial charge in [0.2, 0.25) is 0 Å². The summed E-state index contributed by atoms with van der Waals surface area (Å²) in [6, 6.07) is 9.96. The number of carbonyl (C=O) groups is 1. The number of pyridine rings is 1. The van der Waals surface area contributed by atoms with Crippen LogP contribution in [0.3, 0.4) is 0 Å².